The van der Waals surface area contributed by atoms with Gasteiger partial charge in [0.25, 0.3) is 5.91 Å². The molecule has 2 heterocycles. The highest BCUT2D eigenvalue weighted by Crippen LogP contribution is 2.23. The normalized spacial score (nSPS) is 16.2. The topological polar surface area (TPSA) is 76.0 Å². The predicted octanol–water partition coefficient (Wildman–Crippen LogP) is 2.38. The molecule has 1 N–H and O–H groups in total. The number of ether oxygens (including phenoxy) is 2. The number of rotatable bonds is 6. The second-order valence-corrected chi connectivity index (χ2v) is 6.87. The number of hydrogen-bond donors (Lipinski definition) is 1. The van der Waals surface area contributed by atoms with Gasteiger partial charge < -0.3 is 9.47 Å². The maximum Gasteiger partial charge on any atom is 0.262 e. The molecule has 1 amide bonds. The van der Waals surface area contributed by atoms with Crippen LogP contribution in [0.4, 0.5) is 0 Å². The van der Waals surface area contributed by atoms with Crippen molar-refractivity contribution in [3.63, 3.8) is 0 Å². The summed E-state index contributed by atoms with van der Waals surface area (Å²) in [6.07, 6.45) is 4.95. The lowest BCUT2D eigenvalue weighted by Crippen LogP contribution is -2.44. The Morgan fingerprint density at radius 3 is 2.78 bits per heavy atom. The van der Waals surface area contributed by atoms with Crippen LogP contribution in [-0.2, 0) is 9.53 Å². The number of nitrogens with one attached hydrogen (secondary N) is 1. The van der Waals surface area contributed by atoms with E-state index >= 15 is 0 Å². The smallest absolute Gasteiger partial charge is 0.262 e. The monoisotopic (exact) mass is 432 g/mol. The predicted molar refractivity (Wildman–Crippen MR) is 106 cm³/mol. The van der Waals surface area contributed by atoms with Crippen LogP contribution in [0.5, 0.6) is 5.75 Å². The van der Waals surface area contributed by atoms with Gasteiger partial charge in [-0.3, -0.25) is 14.7 Å². The lowest BCUT2D eigenvalue weighted by Gasteiger charge is -2.33. The van der Waals surface area contributed by atoms with Gasteiger partial charge in [0, 0.05) is 35.5 Å². The molecule has 8 heteroatoms. The van der Waals surface area contributed by atoms with Crippen molar-refractivity contribution in [2.45, 2.75) is 6.04 Å². The molecular weight excluding hydrogens is 412 g/mol. The average molecular weight is 433 g/mol. The number of nitrogens with zero attached hydrogens (tertiary/aromatic N) is 3. The molecule has 0 spiro atoms. The number of carbonyl (C=O) groups excluding carboxylic acids is 1. The van der Waals surface area contributed by atoms with E-state index in [0.717, 1.165) is 15.6 Å². The standard InChI is InChI=1S/C19H21BrN4O3/c1-26-17-3-2-16(20)12-15(17)13-22-23-19(25)18(14-4-6-21-7-5-14)24-8-10-27-11-9-24/h2-7,12-13,18H,8-11H2,1H3,(H,23,25)/b22-13-/t18-/m0/s1. The van der Waals surface area contributed by atoms with E-state index < -0.39 is 6.04 Å². The van der Waals surface area contributed by atoms with Crippen molar-refractivity contribution in [1.29, 1.82) is 0 Å². The Bertz CT molecular complexity index is 795. The molecule has 1 aromatic heterocycles. The third-order valence-corrected chi connectivity index (χ3v) is 4.74. The molecule has 1 aliphatic rings. The van der Waals surface area contributed by atoms with Gasteiger partial charge in [0.1, 0.15) is 11.8 Å². The van der Waals surface area contributed by atoms with Crippen molar-refractivity contribution < 1.29 is 14.3 Å². The molecule has 1 fully saturated rings. The fourth-order valence-corrected chi connectivity index (χ4v) is 3.32. The maximum atomic E-state index is 12.9. The van der Waals surface area contributed by atoms with Gasteiger partial charge in [-0.15, -0.1) is 0 Å². The summed E-state index contributed by atoms with van der Waals surface area (Å²) in [4.78, 5) is 19.0. The van der Waals surface area contributed by atoms with Crippen LogP contribution in [0.3, 0.4) is 0 Å². The molecule has 0 bridgehead atoms. The van der Waals surface area contributed by atoms with Gasteiger partial charge in [0.2, 0.25) is 0 Å². The van der Waals surface area contributed by atoms with Gasteiger partial charge in [-0.2, -0.15) is 5.10 Å². The number of pyridine rings is 1. The van der Waals surface area contributed by atoms with Gasteiger partial charge in [-0.05, 0) is 35.9 Å². The molecule has 3 rings (SSSR count). The highest BCUT2D eigenvalue weighted by Gasteiger charge is 2.28. The van der Waals surface area contributed by atoms with Crippen molar-refractivity contribution in [2.24, 2.45) is 5.10 Å². The van der Waals surface area contributed by atoms with Gasteiger partial charge in [0.15, 0.2) is 0 Å². The fourth-order valence-electron chi connectivity index (χ4n) is 2.94. The number of hydrogen-bond acceptors (Lipinski definition) is 6. The van der Waals surface area contributed by atoms with Crippen LogP contribution in [0, 0.1) is 0 Å². The number of carbonyl (C=O) groups is 1. The molecule has 1 aromatic carbocycles. The largest absolute Gasteiger partial charge is 0.496 e. The van der Waals surface area contributed by atoms with Crippen molar-refractivity contribution >= 4 is 28.1 Å². The summed E-state index contributed by atoms with van der Waals surface area (Å²) in [5, 5.41) is 4.13. The van der Waals surface area contributed by atoms with Gasteiger partial charge in [-0.25, -0.2) is 5.43 Å². The molecule has 0 saturated carbocycles. The second kappa shape index (κ2) is 9.59. The molecule has 0 unspecified atom stereocenters. The summed E-state index contributed by atoms with van der Waals surface area (Å²) in [7, 11) is 1.59. The molecular formula is C19H21BrN4O3. The lowest BCUT2D eigenvalue weighted by atomic mass is 10.1. The zero-order valence-electron chi connectivity index (χ0n) is 15.0. The molecule has 1 aliphatic heterocycles. The number of morpholine rings is 1. The minimum absolute atomic E-state index is 0.201. The van der Waals surface area contributed by atoms with Crippen LogP contribution >= 0.6 is 15.9 Å². The zero-order chi connectivity index (χ0) is 19.1. The van der Waals surface area contributed by atoms with E-state index in [-0.39, 0.29) is 5.91 Å². The molecule has 142 valence electrons. The second-order valence-electron chi connectivity index (χ2n) is 5.95. The summed E-state index contributed by atoms with van der Waals surface area (Å²) in [5.74, 6) is 0.475. The van der Waals surface area contributed by atoms with E-state index in [0.29, 0.717) is 32.1 Å². The minimum atomic E-state index is -0.446. The molecule has 0 radical (unpaired) electrons. The van der Waals surface area contributed by atoms with Crippen LogP contribution in [0.2, 0.25) is 0 Å². The van der Waals surface area contributed by atoms with Gasteiger partial charge in [-0.1, -0.05) is 15.9 Å². The Morgan fingerprint density at radius 2 is 2.07 bits per heavy atom. The third kappa shape index (κ3) is 5.12. The van der Waals surface area contributed by atoms with Gasteiger partial charge >= 0.3 is 0 Å². The molecule has 1 saturated heterocycles. The van der Waals surface area contributed by atoms with Crippen molar-refractivity contribution in [3.8, 4) is 5.75 Å². The maximum absolute atomic E-state index is 12.9. The number of methoxy groups -OCH3 is 1. The molecule has 7 nitrogen and oxygen atoms in total. The summed E-state index contributed by atoms with van der Waals surface area (Å²) in [6.45, 7) is 2.58. The number of halogens is 1. The molecule has 0 aliphatic carbocycles. The number of hydrazone groups is 1. The Labute approximate surface area is 166 Å². The number of amides is 1. The van der Waals surface area contributed by atoms with E-state index in [9.17, 15) is 4.79 Å². The van der Waals surface area contributed by atoms with Crippen LogP contribution in [0.15, 0.2) is 52.3 Å². The van der Waals surface area contributed by atoms with Crippen molar-refractivity contribution in [1.82, 2.24) is 15.3 Å². The molecule has 1 atom stereocenters. The minimum Gasteiger partial charge on any atom is -0.496 e. The number of benzene rings is 1. The van der Waals surface area contributed by atoms with Crippen LogP contribution in [0.25, 0.3) is 0 Å². The van der Waals surface area contributed by atoms with Crippen LogP contribution < -0.4 is 10.2 Å². The van der Waals surface area contributed by atoms with Crippen LogP contribution in [0.1, 0.15) is 17.2 Å². The van der Waals surface area contributed by atoms with E-state index in [4.69, 9.17) is 9.47 Å². The Balaban J connectivity index is 1.76. The summed E-state index contributed by atoms with van der Waals surface area (Å²) in [6, 6.07) is 8.84. The zero-order valence-corrected chi connectivity index (χ0v) is 16.6. The quantitative estimate of drug-likeness (QED) is 0.559. The van der Waals surface area contributed by atoms with E-state index in [1.54, 1.807) is 25.7 Å². The first kappa shape index (κ1) is 19.5. The van der Waals surface area contributed by atoms with E-state index in [1.165, 1.54) is 0 Å². The first-order chi connectivity index (χ1) is 13.2. The van der Waals surface area contributed by atoms with E-state index in [1.807, 2.05) is 30.3 Å². The Morgan fingerprint density at radius 1 is 1.33 bits per heavy atom. The number of aromatic nitrogens is 1. The summed E-state index contributed by atoms with van der Waals surface area (Å²) in [5.41, 5.74) is 4.29. The Hall–Kier alpha value is -2.29. The first-order valence-electron chi connectivity index (χ1n) is 8.57. The molecule has 27 heavy (non-hydrogen) atoms. The first-order valence-corrected chi connectivity index (χ1v) is 9.36. The lowest BCUT2D eigenvalue weighted by molar-refractivity contribution is -0.128. The molecule has 2 aromatic rings. The van der Waals surface area contributed by atoms with E-state index in [2.05, 4.69) is 36.3 Å². The van der Waals surface area contributed by atoms with Crippen molar-refractivity contribution in [3.05, 3.63) is 58.3 Å². The average Bonchev–Trinajstić information content (AvgIpc) is 2.70. The summed E-state index contributed by atoms with van der Waals surface area (Å²) < 4.78 is 11.6. The van der Waals surface area contributed by atoms with Gasteiger partial charge in [0.05, 0.1) is 26.5 Å². The SMILES string of the molecule is COc1ccc(Br)cc1/C=N\NC(=O)[C@H](c1ccncc1)N1CCOCC1. The summed E-state index contributed by atoms with van der Waals surface area (Å²) >= 11 is 3.42. The van der Waals surface area contributed by atoms with Crippen molar-refractivity contribution in [2.75, 3.05) is 33.4 Å². The highest BCUT2D eigenvalue weighted by molar-refractivity contribution is 9.10. The third-order valence-electron chi connectivity index (χ3n) is 4.25. The van der Waals surface area contributed by atoms with Crippen LogP contribution in [-0.4, -0.2) is 55.4 Å². The Kier molecular flexibility index (Phi) is 6.92. The fraction of sp³-hybridized carbons (Fsp3) is 0.316. The highest BCUT2D eigenvalue weighted by atomic mass is 79.9.